The molecule has 1 fully saturated rings. The van der Waals surface area contributed by atoms with Gasteiger partial charge in [0.2, 0.25) is 0 Å². The molecule has 1 aromatic rings. The lowest BCUT2D eigenvalue weighted by Crippen LogP contribution is -2.31. The smallest absolute Gasteiger partial charge is 0.265 e. The second-order valence-corrected chi connectivity index (χ2v) is 6.41. The summed E-state index contributed by atoms with van der Waals surface area (Å²) in [5.74, 6) is 0. The molecule has 0 saturated carbocycles. The minimum Gasteiger partial charge on any atom is -0.284 e. The minimum absolute atomic E-state index is 0.0402. The molecule has 0 bridgehead atoms. The maximum absolute atomic E-state index is 12.4. The van der Waals surface area contributed by atoms with Gasteiger partial charge in [-0.2, -0.15) is 5.26 Å². The molecule has 1 saturated heterocycles. The van der Waals surface area contributed by atoms with Crippen LogP contribution >= 0.6 is 11.6 Å². The van der Waals surface area contributed by atoms with Crippen molar-refractivity contribution in [3.63, 3.8) is 0 Å². The number of benzene rings is 1. The molecule has 1 aliphatic rings. The van der Waals surface area contributed by atoms with E-state index in [2.05, 4.69) is 0 Å². The largest absolute Gasteiger partial charge is 0.284 e. The maximum atomic E-state index is 12.4. The van der Waals surface area contributed by atoms with Crippen molar-refractivity contribution in [1.29, 1.82) is 5.26 Å². The summed E-state index contributed by atoms with van der Waals surface area (Å²) in [5, 5.41) is 8.90. The first-order valence-corrected chi connectivity index (χ1v) is 7.73. The third-order valence-electron chi connectivity index (χ3n) is 2.85. The maximum Gasteiger partial charge on any atom is 0.265 e. The molecule has 0 aliphatic carbocycles. The molecule has 1 heterocycles. The number of nitriles is 1. The zero-order valence-corrected chi connectivity index (χ0v) is 11.7. The summed E-state index contributed by atoms with van der Waals surface area (Å²) in [4.78, 5) is 5.30. The highest BCUT2D eigenvalue weighted by molar-refractivity contribution is 7.89. The molecule has 19 heavy (non-hydrogen) atoms. The summed E-state index contributed by atoms with van der Waals surface area (Å²) in [5.41, 5.74) is 0.248. The zero-order chi connectivity index (χ0) is 13.9. The molecule has 1 aliphatic heterocycles. The van der Waals surface area contributed by atoms with E-state index in [1.54, 1.807) is 0 Å². The molecule has 2 rings (SSSR count). The molecule has 0 radical (unpaired) electrons. The molecule has 0 amide bonds. The molecular weight excluding hydrogens is 288 g/mol. The number of sulfonamides is 1. The number of nitrogens with zero attached hydrogens (tertiary/aromatic N) is 2. The van der Waals surface area contributed by atoms with Gasteiger partial charge < -0.3 is 0 Å². The van der Waals surface area contributed by atoms with Crippen molar-refractivity contribution < 1.29 is 13.3 Å². The van der Waals surface area contributed by atoms with Crippen LogP contribution in [0.15, 0.2) is 23.1 Å². The van der Waals surface area contributed by atoms with E-state index < -0.39 is 10.0 Å². The Hall–Kier alpha value is -1.13. The van der Waals surface area contributed by atoms with Gasteiger partial charge in [0.1, 0.15) is 6.07 Å². The van der Waals surface area contributed by atoms with Gasteiger partial charge in [-0.05, 0) is 37.5 Å². The fourth-order valence-electron chi connectivity index (χ4n) is 1.80. The average Bonchev–Trinajstić information content (AvgIpc) is 2.67. The van der Waals surface area contributed by atoms with Crippen molar-refractivity contribution >= 4 is 21.6 Å². The molecular formula is C12H13ClN2O3S. The van der Waals surface area contributed by atoms with Crippen LogP contribution in [0.3, 0.4) is 0 Å². The molecule has 0 atom stereocenters. The van der Waals surface area contributed by atoms with Crippen LogP contribution in [-0.4, -0.2) is 26.0 Å². The van der Waals surface area contributed by atoms with Crippen LogP contribution in [0.2, 0.25) is 5.02 Å². The lowest BCUT2D eigenvalue weighted by Gasteiger charge is -2.19. The van der Waals surface area contributed by atoms with Gasteiger partial charge in [-0.15, -0.1) is 0 Å². The summed E-state index contributed by atoms with van der Waals surface area (Å²) in [7, 11) is -3.72. The van der Waals surface area contributed by atoms with Crippen LogP contribution in [0.1, 0.15) is 24.8 Å². The summed E-state index contributed by atoms with van der Waals surface area (Å²) < 4.78 is 25.7. The van der Waals surface area contributed by atoms with Crippen molar-refractivity contribution in [3.8, 4) is 6.07 Å². The summed E-state index contributed by atoms with van der Waals surface area (Å²) in [6.45, 7) is 0.725. The molecule has 7 heteroatoms. The Bertz CT molecular complexity index is 602. The monoisotopic (exact) mass is 300 g/mol. The second-order valence-electron chi connectivity index (χ2n) is 4.18. The van der Waals surface area contributed by atoms with Crippen molar-refractivity contribution in [3.05, 3.63) is 28.8 Å². The normalized spacial score (nSPS) is 17.7. The SMILES string of the molecule is N#Cc1ccc(S(=O)(=O)N2CCCCCO2)cc1Cl. The van der Waals surface area contributed by atoms with Crippen molar-refractivity contribution in [1.82, 2.24) is 4.47 Å². The van der Waals surface area contributed by atoms with Crippen LogP contribution in [0.25, 0.3) is 0 Å². The average molecular weight is 301 g/mol. The fraction of sp³-hybridized carbons (Fsp3) is 0.417. The third kappa shape index (κ3) is 3.07. The molecule has 0 aromatic heterocycles. The van der Waals surface area contributed by atoms with Gasteiger partial charge in [-0.25, -0.2) is 8.42 Å². The lowest BCUT2D eigenvalue weighted by atomic mass is 10.2. The minimum atomic E-state index is -3.72. The van der Waals surface area contributed by atoms with Gasteiger partial charge in [0.15, 0.2) is 0 Å². The Morgan fingerprint density at radius 2 is 2.11 bits per heavy atom. The Morgan fingerprint density at radius 1 is 1.32 bits per heavy atom. The Balaban J connectivity index is 2.33. The highest BCUT2D eigenvalue weighted by Gasteiger charge is 2.27. The Labute approximate surface area is 117 Å². The molecule has 0 unspecified atom stereocenters. The third-order valence-corrected chi connectivity index (χ3v) is 4.83. The standard InChI is InChI=1S/C12H13ClN2O3S/c13-12-8-11(5-4-10(12)9-14)19(16,17)15-6-2-1-3-7-18-15/h4-5,8H,1-3,6-7H2. The summed E-state index contributed by atoms with van der Waals surface area (Å²) >= 11 is 5.86. The number of hydroxylamine groups is 1. The summed E-state index contributed by atoms with van der Waals surface area (Å²) in [6.07, 6.45) is 2.56. The van der Waals surface area contributed by atoms with E-state index in [1.807, 2.05) is 6.07 Å². The van der Waals surface area contributed by atoms with Crippen LogP contribution in [0.4, 0.5) is 0 Å². The van der Waals surface area contributed by atoms with Crippen LogP contribution in [0, 0.1) is 11.3 Å². The zero-order valence-electron chi connectivity index (χ0n) is 10.2. The van der Waals surface area contributed by atoms with E-state index in [0.29, 0.717) is 13.2 Å². The highest BCUT2D eigenvalue weighted by Crippen LogP contribution is 2.24. The number of hydrogen-bond acceptors (Lipinski definition) is 4. The molecule has 0 spiro atoms. The van der Waals surface area contributed by atoms with E-state index >= 15 is 0 Å². The van der Waals surface area contributed by atoms with E-state index in [9.17, 15) is 8.42 Å². The predicted octanol–water partition coefficient (Wildman–Crippen LogP) is 2.32. The van der Waals surface area contributed by atoms with Gasteiger partial charge in [-0.1, -0.05) is 16.1 Å². The number of rotatable bonds is 2. The molecule has 5 nitrogen and oxygen atoms in total. The van der Waals surface area contributed by atoms with Crippen LogP contribution in [0.5, 0.6) is 0 Å². The molecule has 0 N–H and O–H groups in total. The topological polar surface area (TPSA) is 70.4 Å². The first kappa shape index (κ1) is 14.3. The van der Waals surface area contributed by atoms with Crippen LogP contribution in [-0.2, 0) is 14.9 Å². The lowest BCUT2D eigenvalue weighted by molar-refractivity contribution is -0.0748. The van der Waals surface area contributed by atoms with Crippen molar-refractivity contribution in [2.24, 2.45) is 0 Å². The van der Waals surface area contributed by atoms with Gasteiger partial charge in [-0.3, -0.25) is 4.84 Å². The van der Waals surface area contributed by atoms with E-state index in [0.717, 1.165) is 23.7 Å². The fourth-order valence-corrected chi connectivity index (χ4v) is 3.42. The Morgan fingerprint density at radius 3 is 2.79 bits per heavy atom. The van der Waals surface area contributed by atoms with E-state index in [4.69, 9.17) is 21.7 Å². The molecule has 1 aromatic carbocycles. The van der Waals surface area contributed by atoms with Crippen LogP contribution < -0.4 is 0 Å². The second kappa shape index (κ2) is 5.88. The Kier molecular flexibility index (Phi) is 4.42. The van der Waals surface area contributed by atoms with Gasteiger partial charge in [0, 0.05) is 6.54 Å². The highest BCUT2D eigenvalue weighted by atomic mass is 35.5. The first-order valence-electron chi connectivity index (χ1n) is 5.91. The summed E-state index contributed by atoms with van der Waals surface area (Å²) in [6, 6.07) is 5.94. The van der Waals surface area contributed by atoms with Gasteiger partial charge in [0.05, 0.1) is 22.1 Å². The van der Waals surface area contributed by atoms with E-state index in [-0.39, 0.29) is 15.5 Å². The van der Waals surface area contributed by atoms with Gasteiger partial charge >= 0.3 is 0 Å². The first-order chi connectivity index (χ1) is 9.05. The molecule has 102 valence electrons. The van der Waals surface area contributed by atoms with Crippen molar-refractivity contribution in [2.75, 3.05) is 13.2 Å². The van der Waals surface area contributed by atoms with E-state index in [1.165, 1.54) is 18.2 Å². The predicted molar refractivity (Wildman–Crippen MR) is 69.9 cm³/mol. The number of halogens is 1. The number of hydrogen-bond donors (Lipinski definition) is 0. The quantitative estimate of drug-likeness (QED) is 0.840. The van der Waals surface area contributed by atoms with Crippen molar-refractivity contribution in [2.45, 2.75) is 24.2 Å². The van der Waals surface area contributed by atoms with Gasteiger partial charge in [0.25, 0.3) is 10.0 Å².